The molecule has 2 aliphatic rings. The minimum Gasteiger partial charge on any atom is -0.497 e. The Kier molecular flexibility index (Phi) is 6.03. The second kappa shape index (κ2) is 9.29. The van der Waals surface area contributed by atoms with Gasteiger partial charge in [0.1, 0.15) is 17.2 Å². The van der Waals surface area contributed by atoms with Crippen molar-refractivity contribution >= 4 is 5.71 Å². The first-order chi connectivity index (χ1) is 17.1. The molecule has 0 amide bonds. The van der Waals surface area contributed by atoms with E-state index < -0.39 is 6.23 Å². The molecule has 2 atom stereocenters. The zero-order valence-electron chi connectivity index (χ0n) is 20.4. The van der Waals surface area contributed by atoms with Crippen molar-refractivity contribution < 1.29 is 28.4 Å². The Morgan fingerprint density at radius 2 is 1.43 bits per heavy atom. The van der Waals surface area contributed by atoms with Gasteiger partial charge in [-0.2, -0.15) is 5.10 Å². The molecule has 0 unspecified atom stereocenters. The van der Waals surface area contributed by atoms with Gasteiger partial charge >= 0.3 is 0 Å². The van der Waals surface area contributed by atoms with E-state index in [1.165, 1.54) is 0 Å². The largest absolute Gasteiger partial charge is 0.497 e. The molecule has 5 rings (SSSR count). The monoisotopic (exact) mass is 476 g/mol. The van der Waals surface area contributed by atoms with Crippen LogP contribution in [0.1, 0.15) is 35.4 Å². The Morgan fingerprint density at radius 1 is 0.771 bits per heavy atom. The molecule has 2 aliphatic heterocycles. The SMILES string of the molecule is COc1ccc(C2=NN3[C@H](C2)c2cc(OC)ccc2O[C@@H]3c2cc(OC)c(OC)c(OC)c2)cc1. The van der Waals surface area contributed by atoms with Crippen LogP contribution in [0.25, 0.3) is 0 Å². The Labute approximate surface area is 204 Å². The summed E-state index contributed by atoms with van der Waals surface area (Å²) in [4.78, 5) is 0. The summed E-state index contributed by atoms with van der Waals surface area (Å²) >= 11 is 0. The third-order valence-corrected chi connectivity index (χ3v) is 6.39. The van der Waals surface area contributed by atoms with Crippen LogP contribution in [0.5, 0.6) is 34.5 Å². The van der Waals surface area contributed by atoms with E-state index in [0.717, 1.165) is 46.1 Å². The normalized spacial score (nSPS) is 18.1. The number of rotatable bonds is 7. The highest BCUT2D eigenvalue weighted by Crippen LogP contribution is 2.50. The number of hydrazone groups is 1. The zero-order chi connectivity index (χ0) is 24.5. The van der Waals surface area contributed by atoms with E-state index in [-0.39, 0.29) is 6.04 Å². The number of methoxy groups -OCH3 is 5. The van der Waals surface area contributed by atoms with E-state index >= 15 is 0 Å². The van der Waals surface area contributed by atoms with E-state index in [0.29, 0.717) is 17.2 Å². The topological polar surface area (TPSA) is 71.0 Å². The molecule has 0 aliphatic carbocycles. The van der Waals surface area contributed by atoms with Gasteiger partial charge < -0.3 is 28.4 Å². The average molecular weight is 477 g/mol. The molecule has 3 aromatic rings. The second-order valence-corrected chi connectivity index (χ2v) is 8.21. The summed E-state index contributed by atoms with van der Waals surface area (Å²) in [6.45, 7) is 0. The molecular formula is C27H28N2O6. The van der Waals surface area contributed by atoms with Crippen LogP contribution in [0.2, 0.25) is 0 Å². The standard InChI is InChI=1S/C27H28N2O6/c1-30-18-8-6-16(7-9-18)21-15-22-20-14-19(31-2)10-11-23(20)35-27(29(22)28-21)17-12-24(32-3)26(34-5)25(13-17)33-4/h6-14,22,27H,15H2,1-5H3/t22-,27-/m1/s1. The minimum atomic E-state index is -0.495. The summed E-state index contributed by atoms with van der Waals surface area (Å²) < 4.78 is 34.0. The van der Waals surface area contributed by atoms with Gasteiger partial charge in [0.2, 0.25) is 12.0 Å². The van der Waals surface area contributed by atoms with E-state index in [1.807, 2.05) is 59.6 Å². The van der Waals surface area contributed by atoms with Crippen molar-refractivity contribution in [3.8, 4) is 34.5 Å². The third-order valence-electron chi connectivity index (χ3n) is 6.39. The van der Waals surface area contributed by atoms with Gasteiger partial charge in [-0.15, -0.1) is 0 Å². The first-order valence-corrected chi connectivity index (χ1v) is 11.2. The number of fused-ring (bicyclic) bond motifs is 3. The predicted molar refractivity (Wildman–Crippen MR) is 131 cm³/mol. The van der Waals surface area contributed by atoms with E-state index in [1.54, 1.807) is 35.5 Å². The summed E-state index contributed by atoms with van der Waals surface area (Å²) in [5.74, 6) is 4.01. The molecule has 0 saturated heterocycles. The maximum atomic E-state index is 6.52. The highest BCUT2D eigenvalue weighted by molar-refractivity contribution is 6.02. The molecule has 0 saturated carbocycles. The number of benzene rings is 3. The summed E-state index contributed by atoms with van der Waals surface area (Å²) in [6, 6.07) is 17.6. The highest BCUT2D eigenvalue weighted by Gasteiger charge is 2.42. The molecule has 2 heterocycles. The summed E-state index contributed by atoms with van der Waals surface area (Å²) in [7, 11) is 8.11. The lowest BCUT2D eigenvalue weighted by Crippen LogP contribution is -2.33. The van der Waals surface area contributed by atoms with Crippen LogP contribution in [0.3, 0.4) is 0 Å². The van der Waals surface area contributed by atoms with Crippen molar-refractivity contribution in [2.45, 2.75) is 18.7 Å². The van der Waals surface area contributed by atoms with Crippen LogP contribution in [0, 0.1) is 0 Å². The Balaban J connectivity index is 1.61. The summed E-state index contributed by atoms with van der Waals surface area (Å²) in [5.41, 5.74) is 3.87. The lowest BCUT2D eigenvalue weighted by molar-refractivity contribution is -0.0194. The van der Waals surface area contributed by atoms with Crippen molar-refractivity contribution in [2.75, 3.05) is 35.5 Å². The molecule has 8 nitrogen and oxygen atoms in total. The summed E-state index contributed by atoms with van der Waals surface area (Å²) in [6.07, 6.45) is 0.224. The zero-order valence-corrected chi connectivity index (χ0v) is 20.4. The highest BCUT2D eigenvalue weighted by atomic mass is 16.5. The van der Waals surface area contributed by atoms with E-state index in [2.05, 4.69) is 0 Å². The van der Waals surface area contributed by atoms with Crippen LogP contribution in [-0.2, 0) is 0 Å². The molecule has 0 N–H and O–H groups in total. The number of hydrogen-bond donors (Lipinski definition) is 0. The van der Waals surface area contributed by atoms with Gasteiger partial charge in [-0.25, -0.2) is 5.01 Å². The van der Waals surface area contributed by atoms with Gasteiger partial charge in [0.15, 0.2) is 11.5 Å². The fourth-order valence-corrected chi connectivity index (χ4v) is 4.61. The van der Waals surface area contributed by atoms with Gasteiger partial charge in [0, 0.05) is 17.5 Å². The van der Waals surface area contributed by atoms with Gasteiger partial charge in [0.25, 0.3) is 0 Å². The van der Waals surface area contributed by atoms with E-state index in [9.17, 15) is 0 Å². The predicted octanol–water partition coefficient (Wildman–Crippen LogP) is 4.97. The Morgan fingerprint density at radius 3 is 2.03 bits per heavy atom. The molecule has 0 fully saturated rings. The van der Waals surface area contributed by atoms with Crippen LogP contribution < -0.4 is 28.4 Å². The smallest absolute Gasteiger partial charge is 0.214 e. The van der Waals surface area contributed by atoms with Crippen LogP contribution in [0.4, 0.5) is 0 Å². The Hall–Kier alpha value is -4.07. The number of nitrogens with zero attached hydrogens (tertiary/aromatic N) is 2. The Bertz CT molecular complexity index is 1230. The number of ether oxygens (including phenoxy) is 6. The molecule has 182 valence electrons. The first-order valence-electron chi connectivity index (χ1n) is 11.2. The van der Waals surface area contributed by atoms with Gasteiger partial charge in [-0.3, -0.25) is 0 Å². The second-order valence-electron chi connectivity index (χ2n) is 8.21. The molecule has 35 heavy (non-hydrogen) atoms. The van der Waals surface area contributed by atoms with Crippen molar-refractivity contribution in [1.29, 1.82) is 0 Å². The molecule has 0 aromatic heterocycles. The fourth-order valence-electron chi connectivity index (χ4n) is 4.61. The van der Waals surface area contributed by atoms with E-state index in [4.69, 9.17) is 33.5 Å². The van der Waals surface area contributed by atoms with Gasteiger partial charge in [-0.1, -0.05) is 0 Å². The molecule has 0 bridgehead atoms. The molecule has 0 spiro atoms. The molecular weight excluding hydrogens is 448 g/mol. The van der Waals surface area contributed by atoms with Gasteiger partial charge in [-0.05, 0) is 60.2 Å². The third kappa shape index (κ3) is 3.95. The van der Waals surface area contributed by atoms with Crippen molar-refractivity contribution in [1.82, 2.24) is 5.01 Å². The quantitative estimate of drug-likeness (QED) is 0.477. The maximum absolute atomic E-state index is 6.52. The summed E-state index contributed by atoms with van der Waals surface area (Å²) in [5, 5.41) is 7.03. The van der Waals surface area contributed by atoms with Crippen LogP contribution >= 0.6 is 0 Å². The lowest BCUT2D eigenvalue weighted by Gasteiger charge is -2.38. The van der Waals surface area contributed by atoms with Gasteiger partial charge in [0.05, 0.1) is 47.3 Å². The van der Waals surface area contributed by atoms with Crippen molar-refractivity contribution in [3.63, 3.8) is 0 Å². The average Bonchev–Trinajstić information content (AvgIpc) is 3.37. The maximum Gasteiger partial charge on any atom is 0.214 e. The van der Waals surface area contributed by atoms with Crippen molar-refractivity contribution in [3.05, 3.63) is 71.3 Å². The molecule has 8 heteroatoms. The molecule has 3 aromatic carbocycles. The lowest BCUT2D eigenvalue weighted by atomic mass is 9.95. The molecule has 0 radical (unpaired) electrons. The van der Waals surface area contributed by atoms with Crippen LogP contribution in [0.15, 0.2) is 59.7 Å². The number of hydrogen-bond acceptors (Lipinski definition) is 8. The minimum absolute atomic E-state index is 0.0324. The first kappa shape index (κ1) is 22.7. The van der Waals surface area contributed by atoms with Crippen LogP contribution in [-0.4, -0.2) is 46.3 Å². The van der Waals surface area contributed by atoms with Crippen molar-refractivity contribution in [2.24, 2.45) is 5.10 Å². The fraction of sp³-hybridized carbons (Fsp3) is 0.296.